The summed E-state index contributed by atoms with van der Waals surface area (Å²) in [6, 6.07) is 25.5. The Morgan fingerprint density at radius 3 is 1.93 bits per heavy atom. The molecule has 3 aromatic carbocycles. The molecule has 0 bridgehead atoms. The van der Waals surface area contributed by atoms with Gasteiger partial charge in [0.1, 0.15) is 6.04 Å². The third kappa shape index (κ3) is 12.1. The standard InChI is InChI=1S/C33H41N7O5/c1-2-45-33(44)40-28(41)22-36-20-23-15-17-24(18-16-23)21-38-30(42)27(14-9-19-37-32(34)35)39-31(43)29(25-10-5-3-6-11-25)26-12-7-4-8-13-26/h3-8,10-13,15-18,27,29,36H,2,9,14,19-22H2,1H3,(H,38,42)(H,39,43)(H4,34,35,37)(H,40,41,44)/t27-/m1/s1. The largest absolute Gasteiger partial charge is 0.450 e. The van der Waals surface area contributed by atoms with Crippen molar-refractivity contribution in [1.82, 2.24) is 21.3 Å². The van der Waals surface area contributed by atoms with Crippen LogP contribution in [0.2, 0.25) is 0 Å². The van der Waals surface area contributed by atoms with Crippen LogP contribution in [0.25, 0.3) is 0 Å². The van der Waals surface area contributed by atoms with Gasteiger partial charge >= 0.3 is 6.09 Å². The van der Waals surface area contributed by atoms with E-state index in [4.69, 9.17) is 11.5 Å². The zero-order valence-corrected chi connectivity index (χ0v) is 25.3. The molecule has 0 aliphatic rings. The van der Waals surface area contributed by atoms with Gasteiger partial charge in [-0.25, -0.2) is 4.79 Å². The van der Waals surface area contributed by atoms with Gasteiger partial charge in [0.15, 0.2) is 5.96 Å². The molecule has 8 N–H and O–H groups in total. The van der Waals surface area contributed by atoms with E-state index in [0.29, 0.717) is 25.9 Å². The number of hydrogen-bond donors (Lipinski definition) is 6. The first-order valence-corrected chi connectivity index (χ1v) is 14.7. The molecular weight excluding hydrogens is 574 g/mol. The van der Waals surface area contributed by atoms with Crippen LogP contribution in [0.4, 0.5) is 4.79 Å². The van der Waals surface area contributed by atoms with Gasteiger partial charge in [-0.3, -0.25) is 24.7 Å². The lowest BCUT2D eigenvalue weighted by Crippen LogP contribution is -2.48. The van der Waals surface area contributed by atoms with E-state index in [2.05, 4.69) is 31.0 Å². The molecule has 0 fully saturated rings. The molecule has 12 nitrogen and oxygen atoms in total. The number of carbonyl (C=O) groups is 4. The molecule has 3 rings (SSSR count). The lowest BCUT2D eigenvalue weighted by Gasteiger charge is -2.23. The molecule has 0 aliphatic carbocycles. The fourth-order valence-electron chi connectivity index (χ4n) is 4.55. The molecule has 0 saturated heterocycles. The number of amides is 4. The number of nitrogens with zero attached hydrogens (tertiary/aromatic N) is 1. The quantitative estimate of drug-likeness (QED) is 0.0801. The minimum Gasteiger partial charge on any atom is -0.450 e. The van der Waals surface area contributed by atoms with Crippen LogP contribution in [0.1, 0.15) is 47.9 Å². The number of imide groups is 1. The van der Waals surface area contributed by atoms with Crippen LogP contribution in [0.15, 0.2) is 89.9 Å². The monoisotopic (exact) mass is 615 g/mol. The van der Waals surface area contributed by atoms with Gasteiger partial charge in [0.05, 0.1) is 19.1 Å². The molecule has 0 aromatic heterocycles. The van der Waals surface area contributed by atoms with Crippen LogP contribution in [0, 0.1) is 0 Å². The lowest BCUT2D eigenvalue weighted by atomic mass is 9.90. The number of alkyl carbamates (subject to hydrolysis) is 1. The fraction of sp³-hybridized carbons (Fsp3) is 0.303. The van der Waals surface area contributed by atoms with E-state index < -0.39 is 24.0 Å². The molecular formula is C33H41N7O5. The summed E-state index contributed by atoms with van der Waals surface area (Å²) in [7, 11) is 0. The second kappa shape index (κ2) is 18.4. The highest BCUT2D eigenvalue weighted by molar-refractivity contribution is 5.93. The average molecular weight is 616 g/mol. The van der Waals surface area contributed by atoms with Crippen molar-refractivity contribution in [2.75, 3.05) is 19.7 Å². The third-order valence-electron chi connectivity index (χ3n) is 6.73. The number of rotatable bonds is 16. The molecule has 12 heteroatoms. The van der Waals surface area contributed by atoms with E-state index in [0.717, 1.165) is 22.3 Å². The number of nitrogens with two attached hydrogens (primary N) is 2. The summed E-state index contributed by atoms with van der Waals surface area (Å²) < 4.78 is 4.68. The van der Waals surface area contributed by atoms with Gasteiger partial charge in [-0.05, 0) is 42.0 Å². The van der Waals surface area contributed by atoms with Crippen molar-refractivity contribution in [2.24, 2.45) is 16.5 Å². The van der Waals surface area contributed by atoms with Crippen LogP contribution >= 0.6 is 0 Å². The Balaban J connectivity index is 1.61. The fourth-order valence-corrected chi connectivity index (χ4v) is 4.55. The molecule has 1 atom stereocenters. The molecule has 0 spiro atoms. The summed E-state index contributed by atoms with van der Waals surface area (Å²) in [6.07, 6.45) is 0.0364. The van der Waals surface area contributed by atoms with Gasteiger partial charge in [-0.1, -0.05) is 84.9 Å². The Hall–Kier alpha value is -5.23. The smallest absolute Gasteiger partial charge is 0.413 e. The number of benzene rings is 3. The summed E-state index contributed by atoms with van der Waals surface area (Å²) in [5.41, 5.74) is 14.3. The van der Waals surface area contributed by atoms with E-state index in [1.165, 1.54) is 0 Å². The first-order valence-electron chi connectivity index (χ1n) is 14.7. The Kier molecular flexibility index (Phi) is 14.0. The Morgan fingerprint density at radius 2 is 1.38 bits per heavy atom. The molecule has 4 amide bonds. The van der Waals surface area contributed by atoms with E-state index in [1.807, 2.05) is 84.9 Å². The number of hydrogen-bond acceptors (Lipinski definition) is 7. The molecule has 0 unspecified atom stereocenters. The van der Waals surface area contributed by atoms with Crippen LogP contribution in [0.5, 0.6) is 0 Å². The van der Waals surface area contributed by atoms with Crippen LogP contribution in [-0.4, -0.2) is 55.5 Å². The Morgan fingerprint density at radius 1 is 0.800 bits per heavy atom. The minimum absolute atomic E-state index is 0.0353. The number of guanidine groups is 1. The van der Waals surface area contributed by atoms with Gasteiger partial charge in [0, 0.05) is 19.6 Å². The summed E-state index contributed by atoms with van der Waals surface area (Å²) in [5.74, 6) is -1.75. The second-order valence-corrected chi connectivity index (χ2v) is 10.2. The number of ether oxygens (including phenoxy) is 1. The van der Waals surface area contributed by atoms with Gasteiger partial charge in [-0.15, -0.1) is 0 Å². The van der Waals surface area contributed by atoms with E-state index >= 15 is 0 Å². The molecule has 0 heterocycles. The van der Waals surface area contributed by atoms with Crippen LogP contribution in [-0.2, 0) is 32.2 Å². The summed E-state index contributed by atoms with van der Waals surface area (Å²) in [4.78, 5) is 54.2. The van der Waals surface area contributed by atoms with Crippen molar-refractivity contribution in [1.29, 1.82) is 0 Å². The summed E-state index contributed by atoms with van der Waals surface area (Å²) >= 11 is 0. The highest BCUT2D eigenvalue weighted by atomic mass is 16.5. The SMILES string of the molecule is CCOC(=O)NC(=O)CNCc1ccc(CNC(=O)[C@@H](CCCN=C(N)N)NC(=O)C(c2ccccc2)c2ccccc2)cc1. The number of carbonyl (C=O) groups excluding carboxylic acids is 4. The van der Waals surface area contributed by atoms with Crippen molar-refractivity contribution in [3.63, 3.8) is 0 Å². The van der Waals surface area contributed by atoms with E-state index in [-0.39, 0.29) is 37.5 Å². The molecule has 0 aliphatic heterocycles. The molecule has 45 heavy (non-hydrogen) atoms. The van der Waals surface area contributed by atoms with E-state index in [1.54, 1.807) is 6.92 Å². The highest BCUT2D eigenvalue weighted by Crippen LogP contribution is 2.25. The first-order chi connectivity index (χ1) is 21.8. The third-order valence-corrected chi connectivity index (χ3v) is 6.73. The Bertz CT molecular complexity index is 1370. The van der Waals surface area contributed by atoms with Crippen molar-refractivity contribution in [2.45, 2.75) is 44.8 Å². The van der Waals surface area contributed by atoms with Crippen molar-refractivity contribution >= 4 is 29.8 Å². The number of nitrogens with one attached hydrogen (secondary N) is 4. The van der Waals surface area contributed by atoms with Crippen molar-refractivity contribution in [3.8, 4) is 0 Å². The normalized spacial score (nSPS) is 11.2. The minimum atomic E-state index is -0.814. The summed E-state index contributed by atoms with van der Waals surface area (Å²) in [6.45, 7) is 2.74. The maximum atomic E-state index is 13.7. The van der Waals surface area contributed by atoms with Crippen LogP contribution < -0.4 is 32.7 Å². The second-order valence-electron chi connectivity index (χ2n) is 10.2. The van der Waals surface area contributed by atoms with Gasteiger partial charge in [0.25, 0.3) is 0 Å². The first kappa shape index (κ1) is 34.3. The average Bonchev–Trinajstić information content (AvgIpc) is 3.03. The van der Waals surface area contributed by atoms with Crippen LogP contribution in [0.3, 0.4) is 0 Å². The van der Waals surface area contributed by atoms with Crippen molar-refractivity contribution in [3.05, 3.63) is 107 Å². The predicted octanol–water partition coefficient (Wildman–Crippen LogP) is 2.04. The highest BCUT2D eigenvalue weighted by Gasteiger charge is 2.27. The maximum absolute atomic E-state index is 13.7. The van der Waals surface area contributed by atoms with Gasteiger partial charge < -0.3 is 32.2 Å². The zero-order chi connectivity index (χ0) is 32.4. The topological polar surface area (TPSA) is 190 Å². The molecule has 0 radical (unpaired) electrons. The maximum Gasteiger partial charge on any atom is 0.413 e. The van der Waals surface area contributed by atoms with Crippen molar-refractivity contribution < 1.29 is 23.9 Å². The summed E-state index contributed by atoms with van der Waals surface area (Å²) in [5, 5.41) is 11.0. The zero-order valence-electron chi connectivity index (χ0n) is 25.3. The molecule has 238 valence electrons. The Labute approximate surface area is 263 Å². The molecule has 3 aromatic rings. The molecule has 0 saturated carbocycles. The number of aliphatic imine (C=N–C) groups is 1. The predicted molar refractivity (Wildman–Crippen MR) is 172 cm³/mol. The van der Waals surface area contributed by atoms with Gasteiger partial charge in [0.2, 0.25) is 17.7 Å². The van der Waals surface area contributed by atoms with E-state index in [9.17, 15) is 19.2 Å². The lowest BCUT2D eigenvalue weighted by molar-refractivity contribution is -0.129. The van der Waals surface area contributed by atoms with Gasteiger partial charge in [-0.2, -0.15) is 0 Å².